The fourth-order valence-corrected chi connectivity index (χ4v) is 4.78. The molecule has 0 saturated carbocycles. The summed E-state index contributed by atoms with van der Waals surface area (Å²) in [6.45, 7) is 4.24. The lowest BCUT2D eigenvalue weighted by Gasteiger charge is -2.15. The van der Waals surface area contributed by atoms with Crippen molar-refractivity contribution in [3.05, 3.63) is 59.0 Å². The number of benzene rings is 2. The third-order valence-corrected chi connectivity index (χ3v) is 6.58. The van der Waals surface area contributed by atoms with Crippen LogP contribution in [0.2, 0.25) is 10.0 Å². The number of aliphatic hydroxyl groups excluding tert-OH is 1. The van der Waals surface area contributed by atoms with Gasteiger partial charge in [0.1, 0.15) is 17.3 Å². The Morgan fingerprint density at radius 2 is 1.91 bits per heavy atom. The molecule has 1 saturated heterocycles. The average molecular weight is 488 g/mol. The molecule has 172 valence electrons. The van der Waals surface area contributed by atoms with Gasteiger partial charge in [-0.1, -0.05) is 35.8 Å². The monoisotopic (exact) mass is 487 g/mol. The topological polar surface area (TPSA) is 84.8 Å². The van der Waals surface area contributed by atoms with E-state index < -0.39 is 6.10 Å². The Labute approximate surface area is 201 Å². The van der Waals surface area contributed by atoms with E-state index in [1.165, 1.54) is 20.3 Å². The third kappa shape index (κ3) is 4.49. The zero-order valence-corrected chi connectivity index (χ0v) is 19.7. The Bertz CT molecular complexity index is 1210. The first-order valence-corrected chi connectivity index (χ1v) is 11.1. The van der Waals surface area contributed by atoms with E-state index in [1.54, 1.807) is 17.2 Å². The number of β-amino-alcohol motifs (C(OH)–C–C–N with tert-alkyl or cyclic N) is 1. The van der Waals surface area contributed by atoms with Crippen LogP contribution in [0.5, 0.6) is 11.5 Å². The first-order chi connectivity index (χ1) is 15.9. The minimum absolute atomic E-state index is 0.132. The smallest absolute Gasteiger partial charge is 0.246 e. The van der Waals surface area contributed by atoms with Gasteiger partial charge < -0.3 is 19.5 Å². The largest absolute Gasteiger partial charge is 0.495 e. The van der Waals surface area contributed by atoms with Crippen molar-refractivity contribution < 1.29 is 19.4 Å². The summed E-state index contributed by atoms with van der Waals surface area (Å²) in [6.07, 6.45) is 2.83. The van der Waals surface area contributed by atoms with Gasteiger partial charge in [-0.2, -0.15) is 0 Å². The summed E-state index contributed by atoms with van der Waals surface area (Å²) < 4.78 is 10.7. The quantitative estimate of drug-likeness (QED) is 0.525. The van der Waals surface area contributed by atoms with E-state index >= 15 is 0 Å². The molecule has 33 heavy (non-hydrogen) atoms. The first-order valence-electron chi connectivity index (χ1n) is 10.3. The molecule has 1 fully saturated rings. The van der Waals surface area contributed by atoms with Gasteiger partial charge in [0.05, 0.1) is 35.9 Å². The van der Waals surface area contributed by atoms with Crippen LogP contribution in [0.4, 0.5) is 0 Å². The number of rotatable bonds is 6. The molecule has 4 rings (SSSR count). The van der Waals surface area contributed by atoms with Crippen LogP contribution in [0.1, 0.15) is 5.82 Å². The lowest BCUT2D eigenvalue weighted by atomic mass is 10.0. The highest BCUT2D eigenvalue weighted by Crippen LogP contribution is 2.46. The average Bonchev–Trinajstić information content (AvgIpc) is 3.18. The van der Waals surface area contributed by atoms with E-state index in [1.807, 2.05) is 18.2 Å². The zero-order valence-electron chi connectivity index (χ0n) is 18.2. The molecule has 0 radical (unpaired) electrons. The minimum atomic E-state index is -0.622. The van der Waals surface area contributed by atoms with Crippen LogP contribution in [0.25, 0.3) is 22.0 Å². The number of halogens is 2. The van der Waals surface area contributed by atoms with Crippen molar-refractivity contribution in [1.29, 1.82) is 0 Å². The number of methoxy groups -OCH3 is 2. The highest BCUT2D eigenvalue weighted by Gasteiger charge is 2.33. The second-order valence-electron chi connectivity index (χ2n) is 7.82. The van der Waals surface area contributed by atoms with Gasteiger partial charge in [-0.3, -0.25) is 4.79 Å². The van der Waals surface area contributed by atoms with Crippen LogP contribution < -0.4 is 9.47 Å². The predicted molar refractivity (Wildman–Crippen MR) is 128 cm³/mol. The summed E-state index contributed by atoms with van der Waals surface area (Å²) in [5, 5.41) is 11.9. The SMILES string of the molecule is C=CC(=O)N1C[C@H](Cc2ncc3cc(-c4c(Cl)c(OC)cc(OC)c4Cl)ccc3n2)[C@H](O)C1. The van der Waals surface area contributed by atoms with Gasteiger partial charge in [-0.05, 0) is 23.8 Å². The number of amides is 1. The number of likely N-dealkylation sites (tertiary alicyclic amines) is 1. The molecule has 0 bridgehead atoms. The van der Waals surface area contributed by atoms with Crippen molar-refractivity contribution in [2.24, 2.45) is 5.92 Å². The molecule has 1 N–H and O–H groups in total. The number of carbonyl (C=O) groups excluding carboxylic acids is 1. The van der Waals surface area contributed by atoms with Crippen LogP contribution in [-0.4, -0.2) is 59.3 Å². The molecule has 3 aromatic rings. The second-order valence-corrected chi connectivity index (χ2v) is 8.58. The van der Waals surface area contributed by atoms with Crippen molar-refractivity contribution in [2.45, 2.75) is 12.5 Å². The summed E-state index contributed by atoms with van der Waals surface area (Å²) in [6, 6.07) is 7.29. The Hall–Kier alpha value is -2.87. The highest BCUT2D eigenvalue weighted by atomic mass is 35.5. The van der Waals surface area contributed by atoms with Gasteiger partial charge >= 0.3 is 0 Å². The van der Waals surface area contributed by atoms with Gasteiger partial charge in [-0.25, -0.2) is 9.97 Å². The van der Waals surface area contributed by atoms with Crippen molar-refractivity contribution in [2.75, 3.05) is 27.3 Å². The normalized spacial score (nSPS) is 17.9. The highest BCUT2D eigenvalue weighted by molar-refractivity contribution is 6.41. The van der Waals surface area contributed by atoms with Crippen LogP contribution in [0.15, 0.2) is 43.1 Å². The van der Waals surface area contributed by atoms with Crippen LogP contribution in [-0.2, 0) is 11.2 Å². The van der Waals surface area contributed by atoms with Gasteiger partial charge in [0.2, 0.25) is 5.91 Å². The molecule has 1 aliphatic rings. The van der Waals surface area contributed by atoms with Gasteiger partial charge in [-0.15, -0.1) is 0 Å². The molecule has 2 heterocycles. The molecular weight excluding hydrogens is 465 g/mol. The number of hydrogen-bond donors (Lipinski definition) is 1. The molecule has 1 amide bonds. The standard InChI is InChI=1S/C24H23Cl2N3O4/c1-4-21(31)29-11-15(17(30)12-29)8-20-27-10-14-7-13(5-6-16(14)28-20)22-23(25)18(32-2)9-19(33-3)24(22)26/h4-7,9-10,15,17,30H,1,8,11-12H2,2-3H3/t15-,17+/m0/s1. The number of hydrogen-bond acceptors (Lipinski definition) is 6. The minimum Gasteiger partial charge on any atom is -0.495 e. The van der Waals surface area contributed by atoms with Crippen molar-refractivity contribution in [3.63, 3.8) is 0 Å². The Morgan fingerprint density at radius 1 is 1.21 bits per heavy atom. The van der Waals surface area contributed by atoms with Crippen LogP contribution in [0, 0.1) is 5.92 Å². The fraction of sp³-hybridized carbons (Fsp3) is 0.292. The first kappa shape index (κ1) is 23.3. The molecule has 0 aliphatic carbocycles. The summed E-state index contributed by atoms with van der Waals surface area (Å²) >= 11 is 13.1. The van der Waals surface area contributed by atoms with E-state index in [0.29, 0.717) is 45.9 Å². The maximum Gasteiger partial charge on any atom is 0.246 e. The zero-order chi connectivity index (χ0) is 23.7. The lowest BCUT2D eigenvalue weighted by molar-refractivity contribution is -0.125. The molecule has 7 nitrogen and oxygen atoms in total. The molecule has 9 heteroatoms. The lowest BCUT2D eigenvalue weighted by Crippen LogP contribution is -2.27. The second kappa shape index (κ2) is 9.55. The molecular formula is C24H23Cl2N3O4. The summed E-state index contributed by atoms with van der Waals surface area (Å²) in [5.74, 6) is 1.20. The maximum atomic E-state index is 11.8. The number of aromatic nitrogens is 2. The van der Waals surface area contributed by atoms with Crippen LogP contribution >= 0.6 is 23.2 Å². The number of ether oxygens (including phenoxy) is 2. The Balaban J connectivity index is 1.63. The molecule has 0 spiro atoms. The molecule has 2 atom stereocenters. The van der Waals surface area contributed by atoms with Gasteiger partial charge in [0.25, 0.3) is 0 Å². The third-order valence-electron chi connectivity index (χ3n) is 5.83. The van der Waals surface area contributed by atoms with E-state index in [2.05, 4.69) is 16.5 Å². The van der Waals surface area contributed by atoms with Gasteiger partial charge in [0, 0.05) is 48.6 Å². The van der Waals surface area contributed by atoms with Crippen molar-refractivity contribution >= 4 is 40.0 Å². The van der Waals surface area contributed by atoms with E-state index in [0.717, 1.165) is 16.5 Å². The number of fused-ring (bicyclic) bond motifs is 1. The van der Waals surface area contributed by atoms with Gasteiger partial charge in [0.15, 0.2) is 0 Å². The predicted octanol–water partition coefficient (Wildman–Crippen LogP) is 4.17. The van der Waals surface area contributed by atoms with Crippen molar-refractivity contribution in [1.82, 2.24) is 14.9 Å². The van der Waals surface area contributed by atoms with Crippen LogP contribution in [0.3, 0.4) is 0 Å². The molecule has 1 aromatic heterocycles. The molecule has 1 aliphatic heterocycles. The van der Waals surface area contributed by atoms with E-state index in [9.17, 15) is 9.90 Å². The maximum absolute atomic E-state index is 11.8. The number of carbonyl (C=O) groups is 1. The summed E-state index contributed by atoms with van der Waals surface area (Å²) in [7, 11) is 3.06. The van der Waals surface area contributed by atoms with E-state index in [-0.39, 0.29) is 18.4 Å². The number of aliphatic hydroxyl groups is 1. The number of nitrogens with zero attached hydrogens (tertiary/aromatic N) is 3. The summed E-state index contributed by atoms with van der Waals surface area (Å²) in [5.41, 5.74) is 2.12. The molecule has 2 aromatic carbocycles. The Morgan fingerprint density at radius 3 is 2.55 bits per heavy atom. The van der Waals surface area contributed by atoms with E-state index in [4.69, 9.17) is 32.7 Å². The Kier molecular flexibility index (Phi) is 6.74. The van der Waals surface area contributed by atoms with Crippen molar-refractivity contribution in [3.8, 4) is 22.6 Å². The fourth-order valence-electron chi connectivity index (χ4n) is 4.06. The summed E-state index contributed by atoms with van der Waals surface area (Å²) in [4.78, 5) is 22.6. The molecule has 0 unspecified atom stereocenters.